The van der Waals surface area contributed by atoms with E-state index >= 15 is 0 Å². The van der Waals surface area contributed by atoms with Crippen molar-refractivity contribution < 1.29 is 14.3 Å². The zero-order valence-electron chi connectivity index (χ0n) is 13.6. The monoisotopic (exact) mass is 293 g/mol. The van der Waals surface area contributed by atoms with Crippen molar-refractivity contribution in [3.63, 3.8) is 0 Å². The summed E-state index contributed by atoms with van der Waals surface area (Å²) in [5, 5.41) is 3.04. The van der Waals surface area contributed by atoms with Crippen molar-refractivity contribution in [2.45, 2.75) is 45.1 Å². The number of hydrogen-bond donors (Lipinski definition) is 1. The van der Waals surface area contributed by atoms with Crippen LogP contribution in [0.3, 0.4) is 0 Å². The predicted molar refractivity (Wildman–Crippen MR) is 84.6 cm³/mol. The zero-order chi connectivity index (χ0) is 15.7. The molecule has 1 rings (SSSR count). The maximum absolute atomic E-state index is 11.7. The number of unbranched alkanes of at least 4 members (excludes halogenated alkanes) is 1. The third kappa shape index (κ3) is 5.38. The molecular formula is C17H27NO3. The van der Waals surface area contributed by atoms with Gasteiger partial charge in [0, 0.05) is 0 Å². The van der Waals surface area contributed by atoms with Crippen LogP contribution >= 0.6 is 0 Å². The summed E-state index contributed by atoms with van der Waals surface area (Å²) in [7, 11) is 3.20. The van der Waals surface area contributed by atoms with Gasteiger partial charge in [-0.3, -0.25) is 4.79 Å². The van der Waals surface area contributed by atoms with E-state index in [9.17, 15) is 4.79 Å². The number of aryl methyl sites for hydroxylation is 1. The first-order chi connectivity index (χ1) is 10.1. The lowest BCUT2D eigenvalue weighted by molar-refractivity contribution is -0.148. The first-order valence-corrected chi connectivity index (χ1v) is 7.54. The second-order valence-electron chi connectivity index (χ2n) is 5.38. The van der Waals surface area contributed by atoms with Gasteiger partial charge in [-0.25, -0.2) is 0 Å². The van der Waals surface area contributed by atoms with Gasteiger partial charge in [0.15, 0.2) is 0 Å². The van der Waals surface area contributed by atoms with Gasteiger partial charge in [-0.05, 0) is 57.4 Å². The molecule has 0 bridgehead atoms. The van der Waals surface area contributed by atoms with E-state index in [1.54, 1.807) is 7.05 Å². The smallest absolute Gasteiger partial charge is 0.325 e. The third-order valence-corrected chi connectivity index (χ3v) is 3.83. The standard InChI is InChI=1S/C17H27NO3/c1-5-14-9-8-10-15(13-14)21-12-7-6-11-17(2,18-3)16(19)20-4/h8-10,13,18H,5-7,11-12H2,1-4H3. The molecule has 0 spiro atoms. The molecule has 4 nitrogen and oxygen atoms in total. The number of benzene rings is 1. The molecule has 0 aromatic heterocycles. The van der Waals surface area contributed by atoms with Crippen molar-refractivity contribution >= 4 is 5.97 Å². The second kappa shape index (κ2) is 8.67. The number of likely N-dealkylation sites (N-methyl/N-ethyl adjacent to an activating group) is 1. The predicted octanol–water partition coefficient (Wildman–Crippen LogP) is 2.95. The van der Waals surface area contributed by atoms with E-state index in [-0.39, 0.29) is 5.97 Å². The minimum Gasteiger partial charge on any atom is -0.494 e. The summed E-state index contributed by atoms with van der Waals surface area (Å²) in [4.78, 5) is 11.7. The summed E-state index contributed by atoms with van der Waals surface area (Å²) in [6, 6.07) is 8.17. The minimum atomic E-state index is -0.614. The number of esters is 1. The van der Waals surface area contributed by atoms with Crippen LogP contribution in [0.15, 0.2) is 24.3 Å². The highest BCUT2D eigenvalue weighted by Crippen LogP contribution is 2.17. The molecule has 0 saturated heterocycles. The molecule has 0 saturated carbocycles. The van der Waals surface area contributed by atoms with Crippen molar-refractivity contribution in [3.8, 4) is 5.75 Å². The van der Waals surface area contributed by atoms with Crippen LogP contribution in [0, 0.1) is 0 Å². The molecule has 1 aromatic rings. The maximum Gasteiger partial charge on any atom is 0.325 e. The minimum absolute atomic E-state index is 0.221. The van der Waals surface area contributed by atoms with Crippen molar-refractivity contribution in [1.29, 1.82) is 0 Å². The summed E-state index contributed by atoms with van der Waals surface area (Å²) in [6.07, 6.45) is 3.55. The summed E-state index contributed by atoms with van der Waals surface area (Å²) in [5.41, 5.74) is 0.664. The molecule has 0 aliphatic carbocycles. The summed E-state index contributed by atoms with van der Waals surface area (Å²) in [6.45, 7) is 4.66. The summed E-state index contributed by atoms with van der Waals surface area (Å²) >= 11 is 0. The van der Waals surface area contributed by atoms with Gasteiger partial charge in [-0.2, -0.15) is 0 Å². The Kier molecular flexibility index (Phi) is 7.23. The molecule has 21 heavy (non-hydrogen) atoms. The largest absolute Gasteiger partial charge is 0.494 e. The van der Waals surface area contributed by atoms with Gasteiger partial charge in [-0.1, -0.05) is 19.1 Å². The summed E-state index contributed by atoms with van der Waals surface area (Å²) < 4.78 is 10.6. The van der Waals surface area contributed by atoms with Gasteiger partial charge < -0.3 is 14.8 Å². The van der Waals surface area contributed by atoms with E-state index in [4.69, 9.17) is 9.47 Å². The highest BCUT2D eigenvalue weighted by atomic mass is 16.5. The van der Waals surface area contributed by atoms with Crippen molar-refractivity contribution in [3.05, 3.63) is 29.8 Å². The Morgan fingerprint density at radius 1 is 1.33 bits per heavy atom. The number of ether oxygens (including phenoxy) is 2. The molecule has 0 heterocycles. The topological polar surface area (TPSA) is 47.6 Å². The maximum atomic E-state index is 11.7. The Morgan fingerprint density at radius 3 is 2.71 bits per heavy atom. The van der Waals surface area contributed by atoms with Gasteiger partial charge in [0.1, 0.15) is 11.3 Å². The van der Waals surface area contributed by atoms with Crippen molar-refractivity contribution in [2.24, 2.45) is 0 Å². The Labute approximate surface area is 127 Å². The summed E-state index contributed by atoms with van der Waals surface area (Å²) in [5.74, 6) is 0.695. The molecule has 1 aromatic carbocycles. The normalized spacial score (nSPS) is 13.5. The molecule has 0 aliphatic rings. The van der Waals surface area contributed by atoms with Crippen molar-refractivity contribution in [1.82, 2.24) is 5.32 Å². The molecular weight excluding hydrogens is 266 g/mol. The Bertz CT molecular complexity index is 447. The van der Waals surface area contributed by atoms with Crippen LogP contribution in [0.1, 0.15) is 38.7 Å². The number of nitrogens with one attached hydrogen (secondary N) is 1. The van der Waals surface area contributed by atoms with Crippen LogP contribution < -0.4 is 10.1 Å². The van der Waals surface area contributed by atoms with E-state index in [1.807, 2.05) is 19.1 Å². The SMILES string of the molecule is CCc1cccc(OCCCCC(C)(NC)C(=O)OC)c1. The Morgan fingerprint density at radius 2 is 2.10 bits per heavy atom. The lowest BCUT2D eigenvalue weighted by Gasteiger charge is -2.25. The highest BCUT2D eigenvalue weighted by Gasteiger charge is 2.31. The zero-order valence-corrected chi connectivity index (χ0v) is 13.6. The average Bonchev–Trinajstić information content (AvgIpc) is 2.53. The van der Waals surface area contributed by atoms with E-state index in [0.29, 0.717) is 6.61 Å². The second-order valence-corrected chi connectivity index (χ2v) is 5.38. The van der Waals surface area contributed by atoms with Gasteiger partial charge in [0.25, 0.3) is 0 Å². The average molecular weight is 293 g/mol. The quantitative estimate of drug-likeness (QED) is 0.562. The molecule has 1 unspecified atom stereocenters. The molecule has 0 fully saturated rings. The Hall–Kier alpha value is -1.55. The fourth-order valence-electron chi connectivity index (χ4n) is 2.18. The highest BCUT2D eigenvalue weighted by molar-refractivity contribution is 5.80. The number of carbonyl (C=O) groups excluding carboxylic acids is 1. The molecule has 4 heteroatoms. The number of methoxy groups -OCH3 is 1. The van der Waals surface area contributed by atoms with Crippen LogP contribution in [-0.4, -0.2) is 32.3 Å². The van der Waals surface area contributed by atoms with Gasteiger partial charge in [-0.15, -0.1) is 0 Å². The molecule has 118 valence electrons. The van der Waals surface area contributed by atoms with Gasteiger partial charge in [0.05, 0.1) is 13.7 Å². The fraction of sp³-hybridized carbons (Fsp3) is 0.588. The van der Waals surface area contributed by atoms with E-state index < -0.39 is 5.54 Å². The van der Waals surface area contributed by atoms with Gasteiger partial charge >= 0.3 is 5.97 Å². The first-order valence-electron chi connectivity index (χ1n) is 7.54. The number of hydrogen-bond acceptors (Lipinski definition) is 4. The van der Waals surface area contributed by atoms with Gasteiger partial charge in [0.2, 0.25) is 0 Å². The number of rotatable bonds is 9. The molecule has 1 N–H and O–H groups in total. The van der Waals surface area contributed by atoms with E-state index in [2.05, 4.69) is 24.4 Å². The molecule has 0 aliphatic heterocycles. The molecule has 1 atom stereocenters. The molecule has 0 amide bonds. The number of carbonyl (C=O) groups is 1. The van der Waals surface area contributed by atoms with Crippen molar-refractivity contribution in [2.75, 3.05) is 20.8 Å². The first kappa shape index (κ1) is 17.5. The van der Waals surface area contributed by atoms with Crippen LogP contribution in [0.25, 0.3) is 0 Å². The van der Waals surface area contributed by atoms with Crippen LogP contribution in [-0.2, 0) is 16.0 Å². The Balaban J connectivity index is 2.32. The van der Waals surface area contributed by atoms with Crippen LogP contribution in [0.5, 0.6) is 5.75 Å². The fourth-order valence-corrected chi connectivity index (χ4v) is 2.18. The lowest BCUT2D eigenvalue weighted by Crippen LogP contribution is -2.48. The molecule has 0 radical (unpaired) electrons. The third-order valence-electron chi connectivity index (χ3n) is 3.83. The van der Waals surface area contributed by atoms with E-state index in [1.165, 1.54) is 12.7 Å². The van der Waals surface area contributed by atoms with Crippen LogP contribution in [0.4, 0.5) is 0 Å². The van der Waals surface area contributed by atoms with Crippen LogP contribution in [0.2, 0.25) is 0 Å². The lowest BCUT2D eigenvalue weighted by atomic mass is 9.95. The van der Waals surface area contributed by atoms with E-state index in [0.717, 1.165) is 31.4 Å².